The Hall–Kier alpha value is -3.34. The average molecular weight is 432 g/mol. The number of nitrogens with zero attached hydrogens (tertiary/aromatic N) is 3. The first-order valence-corrected chi connectivity index (χ1v) is 7.99. The summed E-state index contributed by atoms with van der Waals surface area (Å²) in [6.07, 6.45) is 1.06. The van der Waals surface area contributed by atoms with Gasteiger partial charge in [0.25, 0.3) is 11.6 Å². The van der Waals surface area contributed by atoms with Crippen LogP contribution >= 0.6 is 11.6 Å². The molecule has 1 aliphatic rings. The molecule has 6 nitrogen and oxygen atoms in total. The minimum atomic E-state index is -2.38. The molecule has 0 fully saturated rings. The molecule has 0 saturated carbocycles. The van der Waals surface area contributed by atoms with Crippen molar-refractivity contribution in [2.45, 2.75) is 6.92 Å². The van der Waals surface area contributed by atoms with Crippen molar-refractivity contribution in [3.05, 3.63) is 73.6 Å². The Bertz CT molecular complexity index is 1120. The lowest BCUT2D eigenvalue weighted by Gasteiger charge is -2.15. The molecule has 0 unspecified atom stereocenters. The van der Waals surface area contributed by atoms with E-state index in [1.807, 2.05) is 0 Å². The number of anilines is 1. The largest absolute Gasteiger partial charge is 0.280 e. The van der Waals surface area contributed by atoms with E-state index in [1.165, 1.54) is 13.0 Å². The van der Waals surface area contributed by atoms with Crippen molar-refractivity contribution in [2.24, 2.45) is 5.10 Å². The first-order valence-electron chi connectivity index (χ1n) is 7.61. The normalized spacial score (nSPS) is 15.3. The Labute approximate surface area is 163 Å². The topological polar surface area (TPSA) is 75.8 Å². The van der Waals surface area contributed by atoms with Crippen LogP contribution < -0.4 is 5.01 Å². The van der Waals surface area contributed by atoms with Crippen LogP contribution in [0.15, 0.2) is 28.9 Å². The molecule has 1 aliphatic heterocycles. The Balaban J connectivity index is 2.12. The van der Waals surface area contributed by atoms with E-state index >= 15 is 0 Å². The molecule has 0 spiro atoms. The zero-order valence-corrected chi connectivity index (χ0v) is 14.9. The van der Waals surface area contributed by atoms with Crippen LogP contribution in [0.3, 0.4) is 0 Å². The summed E-state index contributed by atoms with van der Waals surface area (Å²) in [5, 5.41) is 14.5. The van der Waals surface area contributed by atoms with Crippen LogP contribution in [0.25, 0.3) is 6.08 Å². The zero-order chi connectivity index (χ0) is 21.6. The molecule has 0 atom stereocenters. The lowest BCUT2D eigenvalue weighted by atomic mass is 10.1. The number of carbonyl (C=O) groups is 1. The van der Waals surface area contributed by atoms with Gasteiger partial charge in [0.2, 0.25) is 5.82 Å². The van der Waals surface area contributed by atoms with Gasteiger partial charge in [-0.2, -0.15) is 10.1 Å². The molecule has 0 N–H and O–H groups in total. The lowest BCUT2D eigenvalue weighted by molar-refractivity contribution is -0.384. The SMILES string of the molecule is CC1=NN(c2c(F)c(F)c(F)c(F)c2F)C(=O)/C1=C/c1cc([N+](=O)[O-])ccc1Cl. The van der Waals surface area contributed by atoms with E-state index in [9.17, 15) is 36.9 Å². The van der Waals surface area contributed by atoms with Crippen LogP contribution in [0, 0.1) is 39.2 Å². The molecule has 2 aromatic rings. The molecular formula is C17H7ClF5N3O3. The van der Waals surface area contributed by atoms with E-state index in [4.69, 9.17) is 11.6 Å². The van der Waals surface area contributed by atoms with Crippen LogP contribution in [0.1, 0.15) is 12.5 Å². The van der Waals surface area contributed by atoms with Crippen molar-refractivity contribution in [3.63, 3.8) is 0 Å². The van der Waals surface area contributed by atoms with Crippen LogP contribution in [-0.2, 0) is 4.79 Å². The third kappa shape index (κ3) is 3.33. The second-order valence-electron chi connectivity index (χ2n) is 5.74. The van der Waals surface area contributed by atoms with Gasteiger partial charge in [-0.05, 0) is 19.1 Å². The molecule has 0 saturated heterocycles. The molecule has 150 valence electrons. The van der Waals surface area contributed by atoms with Gasteiger partial charge >= 0.3 is 0 Å². The summed E-state index contributed by atoms with van der Waals surface area (Å²) in [5.41, 5.74) is -2.33. The van der Waals surface area contributed by atoms with Crippen molar-refractivity contribution in [1.82, 2.24) is 0 Å². The minimum Gasteiger partial charge on any atom is -0.267 e. The number of carbonyl (C=O) groups excluding carboxylic acids is 1. The molecule has 0 aromatic heterocycles. The molecule has 0 bridgehead atoms. The number of nitro groups is 1. The predicted octanol–water partition coefficient (Wildman–Crippen LogP) is 4.75. The summed E-state index contributed by atoms with van der Waals surface area (Å²) in [4.78, 5) is 22.7. The first kappa shape index (κ1) is 20.4. The predicted molar refractivity (Wildman–Crippen MR) is 92.9 cm³/mol. The summed E-state index contributed by atoms with van der Waals surface area (Å²) in [6.45, 7) is 1.24. The van der Waals surface area contributed by atoms with Crippen LogP contribution in [0.2, 0.25) is 5.02 Å². The number of amides is 1. The maximum atomic E-state index is 14.0. The van der Waals surface area contributed by atoms with Crippen molar-refractivity contribution < 1.29 is 31.7 Å². The second kappa shape index (κ2) is 7.24. The van der Waals surface area contributed by atoms with Crippen molar-refractivity contribution in [3.8, 4) is 0 Å². The highest BCUT2D eigenvalue weighted by Crippen LogP contribution is 2.34. The maximum Gasteiger partial charge on any atom is 0.280 e. The number of hydrogen-bond acceptors (Lipinski definition) is 4. The highest BCUT2D eigenvalue weighted by atomic mass is 35.5. The van der Waals surface area contributed by atoms with Crippen LogP contribution in [0.4, 0.5) is 33.3 Å². The molecule has 3 rings (SSSR count). The van der Waals surface area contributed by atoms with Gasteiger partial charge < -0.3 is 0 Å². The van der Waals surface area contributed by atoms with Gasteiger partial charge in [-0.1, -0.05) is 11.6 Å². The quantitative estimate of drug-likeness (QED) is 0.176. The Morgan fingerprint density at radius 2 is 1.62 bits per heavy atom. The fraction of sp³-hybridized carbons (Fsp3) is 0.0588. The van der Waals surface area contributed by atoms with Gasteiger partial charge in [-0.15, -0.1) is 0 Å². The summed E-state index contributed by atoms with van der Waals surface area (Å²) >= 11 is 5.94. The number of non-ortho nitro benzene ring substituents is 1. The Morgan fingerprint density at radius 1 is 1.07 bits per heavy atom. The molecule has 29 heavy (non-hydrogen) atoms. The van der Waals surface area contributed by atoms with Gasteiger partial charge in [0.05, 0.1) is 16.2 Å². The maximum absolute atomic E-state index is 14.0. The molecule has 2 aromatic carbocycles. The molecule has 12 heteroatoms. The third-order valence-corrected chi connectivity index (χ3v) is 4.30. The summed E-state index contributed by atoms with van der Waals surface area (Å²) in [7, 11) is 0. The van der Waals surface area contributed by atoms with Gasteiger partial charge in [0.15, 0.2) is 23.3 Å². The minimum absolute atomic E-state index is 0.0121. The standard InChI is InChI=1S/C17H7ClF5N3O3/c1-6-9(5-7-4-8(26(28)29)2-3-10(7)18)17(27)25(24-6)16-14(22)12(20)11(19)13(21)15(16)23/h2-5H,1H3/b9-5+. The number of hydrazone groups is 1. The summed E-state index contributed by atoms with van der Waals surface area (Å²) in [5.74, 6) is -12.5. The highest BCUT2D eigenvalue weighted by molar-refractivity contribution is 6.35. The number of nitro benzene ring substituents is 1. The molecule has 0 aliphatic carbocycles. The van der Waals surface area contributed by atoms with E-state index < -0.39 is 45.6 Å². The van der Waals surface area contributed by atoms with Crippen LogP contribution in [0.5, 0.6) is 0 Å². The van der Waals surface area contributed by atoms with E-state index in [-0.39, 0.29) is 32.6 Å². The average Bonchev–Trinajstić information content (AvgIpc) is 2.94. The monoisotopic (exact) mass is 431 g/mol. The van der Waals surface area contributed by atoms with Gasteiger partial charge in [0, 0.05) is 22.7 Å². The van der Waals surface area contributed by atoms with Crippen molar-refractivity contribution >= 4 is 40.7 Å². The third-order valence-electron chi connectivity index (χ3n) is 3.95. The lowest BCUT2D eigenvalue weighted by Crippen LogP contribution is -2.25. The fourth-order valence-corrected chi connectivity index (χ4v) is 2.70. The van der Waals surface area contributed by atoms with E-state index in [0.29, 0.717) is 0 Å². The summed E-state index contributed by atoms with van der Waals surface area (Å²) in [6, 6.07) is 3.35. The van der Waals surface area contributed by atoms with Crippen LogP contribution in [-0.4, -0.2) is 16.5 Å². The number of benzene rings is 2. The van der Waals surface area contributed by atoms with Gasteiger partial charge in [0.1, 0.15) is 5.69 Å². The van der Waals surface area contributed by atoms with Crippen molar-refractivity contribution in [1.29, 1.82) is 0 Å². The summed E-state index contributed by atoms with van der Waals surface area (Å²) < 4.78 is 68.2. The molecule has 0 radical (unpaired) electrons. The highest BCUT2D eigenvalue weighted by Gasteiger charge is 2.37. The Morgan fingerprint density at radius 3 is 2.17 bits per heavy atom. The smallest absolute Gasteiger partial charge is 0.267 e. The van der Waals surface area contributed by atoms with Gasteiger partial charge in [-0.25, -0.2) is 22.0 Å². The number of halogens is 6. The number of rotatable bonds is 3. The fourth-order valence-electron chi connectivity index (χ4n) is 2.53. The zero-order valence-electron chi connectivity index (χ0n) is 14.1. The molecular weight excluding hydrogens is 425 g/mol. The first-order chi connectivity index (χ1) is 13.5. The van der Waals surface area contributed by atoms with E-state index in [0.717, 1.165) is 18.2 Å². The Kier molecular flexibility index (Phi) is 5.09. The van der Waals surface area contributed by atoms with Gasteiger partial charge in [-0.3, -0.25) is 14.9 Å². The molecule has 1 heterocycles. The molecule has 1 amide bonds. The second-order valence-corrected chi connectivity index (χ2v) is 6.15. The number of hydrogen-bond donors (Lipinski definition) is 0. The van der Waals surface area contributed by atoms with Crippen molar-refractivity contribution in [2.75, 3.05) is 5.01 Å². The van der Waals surface area contributed by atoms with E-state index in [1.54, 1.807) is 0 Å². The van der Waals surface area contributed by atoms with E-state index in [2.05, 4.69) is 5.10 Å².